The molecule has 8 heteroatoms. The van der Waals surface area contributed by atoms with Crippen molar-refractivity contribution < 1.29 is 24.5 Å². The third-order valence-corrected chi connectivity index (χ3v) is 3.66. The van der Waals surface area contributed by atoms with Crippen LogP contribution in [0.1, 0.15) is 24.1 Å². The van der Waals surface area contributed by atoms with Crippen molar-refractivity contribution in [3.05, 3.63) is 53.6 Å². The second kappa shape index (κ2) is 9.44. The molecule has 1 atom stereocenters. The van der Waals surface area contributed by atoms with Gasteiger partial charge >= 0.3 is 5.97 Å². The van der Waals surface area contributed by atoms with Gasteiger partial charge in [0.1, 0.15) is 23.9 Å². The first-order valence-corrected chi connectivity index (χ1v) is 8.39. The molecule has 0 heterocycles. The summed E-state index contributed by atoms with van der Waals surface area (Å²) in [7, 11) is 0. The molecular weight excluding hydrogens is 350 g/mol. The van der Waals surface area contributed by atoms with E-state index < -0.39 is 12.0 Å². The van der Waals surface area contributed by atoms with Crippen molar-refractivity contribution in [1.29, 1.82) is 5.41 Å². The lowest BCUT2D eigenvalue weighted by Crippen LogP contribution is -2.21. The van der Waals surface area contributed by atoms with Gasteiger partial charge in [0.25, 0.3) is 0 Å². The second-order valence-electron chi connectivity index (χ2n) is 5.65. The van der Waals surface area contributed by atoms with Gasteiger partial charge in [0, 0.05) is 17.3 Å². The zero-order valence-corrected chi connectivity index (χ0v) is 14.9. The summed E-state index contributed by atoms with van der Waals surface area (Å²) in [6, 6.07) is 10.4. The first-order valence-electron chi connectivity index (χ1n) is 8.39. The number of hydrogen-bond acceptors (Lipinski definition) is 6. The van der Waals surface area contributed by atoms with Crippen LogP contribution < -0.4 is 20.5 Å². The normalized spacial score (nSPS) is 11.5. The van der Waals surface area contributed by atoms with E-state index in [0.29, 0.717) is 34.9 Å². The van der Waals surface area contributed by atoms with Gasteiger partial charge < -0.3 is 30.7 Å². The number of nitrogens with one attached hydrogen (secondary N) is 2. The van der Waals surface area contributed by atoms with Gasteiger partial charge in [0.2, 0.25) is 0 Å². The number of nitrogens with two attached hydrogens (primary N) is 1. The zero-order chi connectivity index (χ0) is 19.8. The molecule has 0 fully saturated rings. The third-order valence-electron chi connectivity index (χ3n) is 3.66. The van der Waals surface area contributed by atoms with Crippen molar-refractivity contribution in [3.8, 4) is 11.5 Å². The Hall–Kier alpha value is -3.26. The minimum Gasteiger partial charge on any atom is -0.494 e. The number of anilines is 1. The molecule has 27 heavy (non-hydrogen) atoms. The Balaban J connectivity index is 2.32. The van der Waals surface area contributed by atoms with Crippen LogP contribution in [-0.4, -0.2) is 41.8 Å². The number of ether oxygens (including phenoxy) is 2. The lowest BCUT2D eigenvalue weighted by Gasteiger charge is -2.19. The van der Waals surface area contributed by atoms with Crippen molar-refractivity contribution in [2.45, 2.75) is 13.0 Å². The molecule has 0 aliphatic carbocycles. The lowest BCUT2D eigenvalue weighted by atomic mass is 10.1. The summed E-state index contributed by atoms with van der Waals surface area (Å²) in [5.41, 5.74) is 6.98. The van der Waals surface area contributed by atoms with E-state index in [1.54, 1.807) is 42.5 Å². The highest BCUT2D eigenvalue weighted by atomic mass is 16.5. The topological polar surface area (TPSA) is 138 Å². The Morgan fingerprint density at radius 3 is 2.33 bits per heavy atom. The predicted molar refractivity (Wildman–Crippen MR) is 102 cm³/mol. The third kappa shape index (κ3) is 5.61. The molecule has 144 valence electrons. The van der Waals surface area contributed by atoms with Crippen molar-refractivity contribution >= 4 is 17.5 Å². The number of aliphatic hydroxyl groups is 1. The zero-order valence-electron chi connectivity index (χ0n) is 14.9. The molecule has 0 saturated heterocycles. The van der Waals surface area contributed by atoms with Crippen molar-refractivity contribution in [2.75, 3.05) is 25.1 Å². The highest BCUT2D eigenvalue weighted by molar-refractivity contribution is 5.95. The van der Waals surface area contributed by atoms with Gasteiger partial charge in [-0.2, -0.15) is 0 Å². The minimum atomic E-state index is -1.08. The molecule has 8 nitrogen and oxygen atoms in total. The Labute approximate surface area is 157 Å². The molecule has 0 bridgehead atoms. The fourth-order valence-corrected chi connectivity index (χ4v) is 2.46. The van der Waals surface area contributed by atoms with Crippen LogP contribution in [0.5, 0.6) is 11.5 Å². The number of benzene rings is 2. The van der Waals surface area contributed by atoms with Crippen molar-refractivity contribution in [3.63, 3.8) is 0 Å². The Morgan fingerprint density at radius 2 is 1.81 bits per heavy atom. The van der Waals surface area contributed by atoms with Gasteiger partial charge in [-0.1, -0.05) is 0 Å². The van der Waals surface area contributed by atoms with Crippen LogP contribution in [0.2, 0.25) is 0 Å². The summed E-state index contributed by atoms with van der Waals surface area (Å²) in [6.45, 7) is 2.18. The molecule has 0 saturated carbocycles. The number of hydrogen-bond donors (Lipinski definition) is 5. The summed E-state index contributed by atoms with van der Waals surface area (Å²) in [5, 5.41) is 29.0. The second-order valence-corrected chi connectivity index (χ2v) is 5.65. The first kappa shape index (κ1) is 20.1. The molecule has 0 aliphatic rings. The highest BCUT2D eigenvalue weighted by Gasteiger charge is 2.21. The number of nitrogen functional groups attached to an aromatic ring is 1. The number of carboxylic acids is 1. The van der Waals surface area contributed by atoms with Crippen molar-refractivity contribution in [2.24, 2.45) is 5.73 Å². The quantitative estimate of drug-likeness (QED) is 0.317. The molecular formula is C19H23N3O5. The van der Waals surface area contributed by atoms with Crippen LogP contribution in [-0.2, 0) is 4.79 Å². The summed E-state index contributed by atoms with van der Waals surface area (Å²) in [6.07, 6.45) is 0. The number of amidine groups is 1. The molecule has 1 unspecified atom stereocenters. The van der Waals surface area contributed by atoms with Crippen LogP contribution in [0, 0.1) is 5.41 Å². The van der Waals surface area contributed by atoms with Crippen LogP contribution >= 0.6 is 0 Å². The molecule has 2 rings (SSSR count). The van der Waals surface area contributed by atoms with E-state index in [1.165, 1.54) is 0 Å². The van der Waals surface area contributed by atoms with Crippen LogP contribution in [0.4, 0.5) is 5.69 Å². The standard InChI is InChI=1S/C19H23N3O5/c1-2-26-15-9-13(10-16(11-15)27-8-7-23)17(19(24)25)22-14-5-3-12(4-6-14)18(20)21/h3-6,9-11,17,22-23H,2,7-8H2,1H3,(H3,20,21)(H,24,25). The van der Waals surface area contributed by atoms with E-state index in [1.807, 2.05) is 6.92 Å². The molecule has 0 aliphatic heterocycles. The number of rotatable bonds is 10. The Morgan fingerprint density at radius 1 is 1.19 bits per heavy atom. The number of aliphatic hydroxyl groups excluding tert-OH is 1. The van der Waals surface area contributed by atoms with E-state index in [9.17, 15) is 9.90 Å². The maximum absolute atomic E-state index is 11.8. The number of aliphatic carboxylic acids is 1. The lowest BCUT2D eigenvalue weighted by molar-refractivity contribution is -0.138. The monoisotopic (exact) mass is 373 g/mol. The molecule has 0 spiro atoms. The molecule has 0 radical (unpaired) electrons. The van der Waals surface area contributed by atoms with Gasteiger partial charge in [-0.15, -0.1) is 0 Å². The minimum absolute atomic E-state index is 0.0635. The van der Waals surface area contributed by atoms with Crippen LogP contribution in [0.3, 0.4) is 0 Å². The van der Waals surface area contributed by atoms with Gasteiger partial charge in [-0.3, -0.25) is 5.41 Å². The smallest absolute Gasteiger partial charge is 0.330 e. The maximum atomic E-state index is 11.8. The van der Waals surface area contributed by atoms with Crippen LogP contribution in [0.15, 0.2) is 42.5 Å². The highest BCUT2D eigenvalue weighted by Crippen LogP contribution is 2.29. The van der Waals surface area contributed by atoms with Gasteiger partial charge in [0.15, 0.2) is 6.04 Å². The molecule has 2 aromatic rings. The summed E-state index contributed by atoms with van der Waals surface area (Å²) in [4.78, 5) is 11.8. The van der Waals surface area contributed by atoms with Gasteiger partial charge in [0.05, 0.1) is 13.2 Å². The fraction of sp³-hybridized carbons (Fsp3) is 0.263. The molecule has 0 aromatic heterocycles. The van der Waals surface area contributed by atoms with Gasteiger partial charge in [-0.05, 0) is 48.9 Å². The predicted octanol–water partition coefficient (Wildman–Crippen LogP) is 1.98. The number of carboxylic acid groups (broad SMARTS) is 1. The van der Waals surface area contributed by atoms with E-state index in [2.05, 4.69) is 5.32 Å². The summed E-state index contributed by atoms with van der Waals surface area (Å²) in [5.74, 6) is -0.258. The van der Waals surface area contributed by atoms with Crippen LogP contribution in [0.25, 0.3) is 0 Å². The number of carbonyl (C=O) groups is 1. The molecule has 2 aromatic carbocycles. The van der Waals surface area contributed by atoms with E-state index in [0.717, 1.165) is 0 Å². The summed E-state index contributed by atoms with van der Waals surface area (Å²) >= 11 is 0. The maximum Gasteiger partial charge on any atom is 0.330 e. The Kier molecular flexibility index (Phi) is 7.01. The van der Waals surface area contributed by atoms with Crippen molar-refractivity contribution in [1.82, 2.24) is 0 Å². The summed E-state index contributed by atoms with van der Waals surface area (Å²) < 4.78 is 10.9. The average Bonchev–Trinajstić information content (AvgIpc) is 2.64. The van der Waals surface area contributed by atoms with E-state index >= 15 is 0 Å². The Bertz CT molecular complexity index is 792. The average molecular weight is 373 g/mol. The van der Waals surface area contributed by atoms with Gasteiger partial charge in [-0.25, -0.2) is 4.79 Å². The first-order chi connectivity index (χ1) is 12.9. The van der Waals surface area contributed by atoms with E-state index in [-0.39, 0.29) is 19.0 Å². The molecule has 0 amide bonds. The van der Waals surface area contributed by atoms with E-state index in [4.69, 9.17) is 25.7 Å². The SMILES string of the molecule is CCOc1cc(OCCO)cc(C(Nc2ccc(C(=N)N)cc2)C(=O)O)c1. The molecule has 6 N–H and O–H groups in total. The fourth-order valence-electron chi connectivity index (χ4n) is 2.46. The largest absolute Gasteiger partial charge is 0.494 e.